The summed E-state index contributed by atoms with van der Waals surface area (Å²) in [6, 6.07) is 0. The predicted molar refractivity (Wildman–Crippen MR) is 125 cm³/mol. The molecule has 4 atom stereocenters. The van der Waals surface area contributed by atoms with Crippen LogP contribution in [0.25, 0.3) is 11.0 Å². The first-order valence-electron chi connectivity index (χ1n) is 11.5. The monoisotopic (exact) mass is 539 g/mol. The van der Waals surface area contributed by atoms with Crippen LogP contribution in [0.2, 0.25) is 0 Å². The lowest BCUT2D eigenvalue weighted by Gasteiger charge is -2.23. The molecule has 2 aromatic heterocycles. The van der Waals surface area contributed by atoms with Crippen molar-refractivity contribution in [3.8, 4) is 0 Å². The van der Waals surface area contributed by atoms with E-state index in [4.69, 9.17) is 18.9 Å². The second kappa shape index (κ2) is 12.1. The Morgan fingerprint density at radius 3 is 2.32 bits per heavy atom. The van der Waals surface area contributed by atoms with Crippen molar-refractivity contribution in [2.75, 3.05) is 32.6 Å². The summed E-state index contributed by atoms with van der Waals surface area (Å²) in [5, 5.41) is 24.2. The summed E-state index contributed by atoms with van der Waals surface area (Å²) in [5.74, 6) is -2.66. The maximum absolute atomic E-state index is 13.5. The number of aliphatic hydroxyl groups is 1. The third-order valence-corrected chi connectivity index (χ3v) is 5.34. The molecule has 0 bridgehead atoms. The summed E-state index contributed by atoms with van der Waals surface area (Å²) in [4.78, 5) is 62.6. The molecule has 1 aliphatic heterocycles. The topological polar surface area (TPSA) is 206 Å². The van der Waals surface area contributed by atoms with Crippen LogP contribution in [0.3, 0.4) is 0 Å². The highest BCUT2D eigenvalue weighted by Gasteiger charge is 2.51. The van der Waals surface area contributed by atoms with Gasteiger partial charge in [0.2, 0.25) is 5.91 Å². The Kier molecular flexibility index (Phi) is 9.08. The van der Waals surface area contributed by atoms with Crippen molar-refractivity contribution < 1.29 is 43.2 Å². The van der Waals surface area contributed by atoms with Crippen molar-refractivity contribution in [2.24, 2.45) is 0 Å². The van der Waals surface area contributed by atoms with Crippen LogP contribution < -0.4 is 10.9 Å². The first-order valence-corrected chi connectivity index (χ1v) is 11.5. The number of hydrogen-bond acceptors (Lipinski definition) is 14. The van der Waals surface area contributed by atoms with Gasteiger partial charge in [-0.1, -0.05) is 5.21 Å². The molecule has 17 heteroatoms. The average molecular weight is 540 g/mol. The van der Waals surface area contributed by atoms with E-state index >= 15 is 0 Å². The molecule has 2 aromatic rings. The highest BCUT2D eigenvalue weighted by atomic mass is 16.7. The van der Waals surface area contributed by atoms with E-state index in [-0.39, 0.29) is 29.9 Å². The van der Waals surface area contributed by atoms with Gasteiger partial charge in [-0.05, 0) is 14.1 Å². The van der Waals surface area contributed by atoms with Crippen molar-refractivity contribution in [1.82, 2.24) is 29.7 Å². The van der Waals surface area contributed by atoms with Crippen molar-refractivity contribution in [2.45, 2.75) is 58.5 Å². The van der Waals surface area contributed by atoms with E-state index in [1.807, 2.05) is 0 Å². The number of nitrogens with zero attached hydrogens (tertiary/aromatic N) is 6. The quantitative estimate of drug-likeness (QED) is 0.251. The zero-order chi connectivity index (χ0) is 28.1. The fraction of sp³-hybridized carbons (Fsp3) is 0.619. The molecule has 0 spiro atoms. The normalized spacial score (nSPS) is 20.9. The van der Waals surface area contributed by atoms with Gasteiger partial charge in [-0.2, -0.15) is 4.68 Å². The molecule has 0 radical (unpaired) electrons. The second-order valence-electron chi connectivity index (χ2n) is 8.64. The third kappa shape index (κ3) is 6.48. The maximum Gasteiger partial charge on any atom is 0.303 e. The molecule has 17 nitrogen and oxygen atoms in total. The second-order valence-corrected chi connectivity index (χ2v) is 8.64. The number of carbonyl (C=O) groups excluding carboxylic acids is 4. The molecule has 3 rings (SSSR count). The fourth-order valence-corrected chi connectivity index (χ4v) is 3.76. The summed E-state index contributed by atoms with van der Waals surface area (Å²) >= 11 is 0. The Morgan fingerprint density at radius 1 is 1.08 bits per heavy atom. The Balaban J connectivity index is 2.04. The number of carbonyl (C=O) groups is 4. The number of aromatic nitrogens is 5. The van der Waals surface area contributed by atoms with Gasteiger partial charge in [0.15, 0.2) is 35.3 Å². The number of anilines is 1. The van der Waals surface area contributed by atoms with Gasteiger partial charge >= 0.3 is 17.9 Å². The molecule has 1 amide bonds. The Hall–Kier alpha value is -3.96. The lowest BCUT2D eigenvalue weighted by Crippen LogP contribution is -2.42. The van der Waals surface area contributed by atoms with Gasteiger partial charge in [-0.15, -0.1) is 10.2 Å². The fourth-order valence-electron chi connectivity index (χ4n) is 3.76. The number of aliphatic hydroxyl groups excluding tert-OH is 1. The molecule has 208 valence electrons. The number of esters is 3. The van der Waals surface area contributed by atoms with Gasteiger partial charge in [0.05, 0.1) is 0 Å². The predicted octanol–water partition coefficient (Wildman–Crippen LogP) is -1.85. The number of fused-ring (bicyclic) bond motifs is 1. The summed E-state index contributed by atoms with van der Waals surface area (Å²) in [7, 11) is 3.60. The lowest BCUT2D eigenvalue weighted by molar-refractivity contribution is -0.166. The number of hydrogen-bond donors (Lipinski definition) is 2. The minimum absolute atomic E-state index is 0.0936. The van der Waals surface area contributed by atoms with Crippen molar-refractivity contribution in [3.63, 3.8) is 0 Å². The summed E-state index contributed by atoms with van der Waals surface area (Å²) in [6.07, 6.45) is -5.10. The number of amides is 1. The molecular formula is C21H29N7O10. The van der Waals surface area contributed by atoms with Crippen LogP contribution in [0.15, 0.2) is 4.79 Å². The lowest BCUT2D eigenvalue weighted by atomic mass is 10.1. The van der Waals surface area contributed by atoms with Crippen LogP contribution in [-0.2, 0) is 44.9 Å². The van der Waals surface area contributed by atoms with Crippen LogP contribution in [0.5, 0.6) is 0 Å². The minimum atomic E-state index is -1.46. The minimum Gasteiger partial charge on any atom is -0.463 e. The first kappa shape index (κ1) is 28.6. The highest BCUT2D eigenvalue weighted by Crippen LogP contribution is 2.33. The molecule has 4 unspecified atom stereocenters. The molecular weight excluding hydrogens is 510 g/mol. The average Bonchev–Trinajstić information content (AvgIpc) is 3.34. The van der Waals surface area contributed by atoms with Crippen molar-refractivity contribution >= 4 is 40.7 Å². The number of ether oxygens (including phenoxy) is 4. The van der Waals surface area contributed by atoms with Crippen molar-refractivity contribution in [1.29, 1.82) is 0 Å². The van der Waals surface area contributed by atoms with Crippen LogP contribution in [-0.4, -0.2) is 104 Å². The van der Waals surface area contributed by atoms with Gasteiger partial charge in [0, 0.05) is 33.7 Å². The van der Waals surface area contributed by atoms with Gasteiger partial charge in [0.25, 0.3) is 5.56 Å². The number of rotatable bonds is 10. The first-order chi connectivity index (χ1) is 17.9. The molecule has 38 heavy (non-hydrogen) atoms. The molecule has 1 fully saturated rings. The standard InChI is InChI=1S/C21H29N7O10/c1-10(30)35-8-13-17(36-11(2)31)18(37-12(3)32)21(38-13)28-20(34)16-15(23-25-28)19(24-27(16)9-29)22-14(33)6-7-26(4)5/h13,17-18,21,29H,6-9H2,1-5H3,(H,22,24,33). The van der Waals surface area contributed by atoms with Gasteiger partial charge in [0.1, 0.15) is 19.4 Å². The van der Waals surface area contributed by atoms with E-state index in [1.54, 1.807) is 19.0 Å². The van der Waals surface area contributed by atoms with Gasteiger partial charge < -0.3 is 34.3 Å². The van der Waals surface area contributed by atoms with Crippen molar-refractivity contribution in [3.05, 3.63) is 10.4 Å². The zero-order valence-corrected chi connectivity index (χ0v) is 21.4. The SMILES string of the molecule is CC(=O)OCC1OC(n2nnc3c(NC(=O)CCN(C)C)nn(CO)c3c2=O)C(OC(C)=O)C1OC(C)=O. The molecule has 0 aromatic carbocycles. The van der Waals surface area contributed by atoms with Crippen LogP contribution >= 0.6 is 0 Å². The van der Waals surface area contributed by atoms with E-state index in [9.17, 15) is 29.1 Å². The zero-order valence-electron chi connectivity index (χ0n) is 21.4. The van der Waals surface area contributed by atoms with E-state index in [0.717, 1.165) is 30.1 Å². The molecule has 1 aliphatic rings. The molecule has 3 heterocycles. The Bertz CT molecular complexity index is 1270. The van der Waals surface area contributed by atoms with Crippen LogP contribution in [0, 0.1) is 0 Å². The van der Waals surface area contributed by atoms with Crippen LogP contribution in [0.1, 0.15) is 33.4 Å². The smallest absolute Gasteiger partial charge is 0.303 e. The van der Waals surface area contributed by atoms with Gasteiger partial charge in [-0.25, -0.2) is 4.68 Å². The van der Waals surface area contributed by atoms with E-state index < -0.39 is 60.6 Å². The Morgan fingerprint density at radius 2 is 1.74 bits per heavy atom. The number of nitrogens with one attached hydrogen (secondary N) is 1. The molecule has 1 saturated heterocycles. The maximum atomic E-state index is 13.5. The summed E-state index contributed by atoms with van der Waals surface area (Å²) < 4.78 is 23.0. The molecule has 0 saturated carbocycles. The molecule has 0 aliphatic carbocycles. The highest BCUT2D eigenvalue weighted by molar-refractivity contribution is 5.97. The van der Waals surface area contributed by atoms with E-state index in [0.29, 0.717) is 6.54 Å². The van der Waals surface area contributed by atoms with E-state index in [1.165, 1.54) is 0 Å². The van der Waals surface area contributed by atoms with E-state index in [2.05, 4.69) is 20.7 Å². The third-order valence-electron chi connectivity index (χ3n) is 5.34. The Labute approximate surface area is 215 Å². The summed E-state index contributed by atoms with van der Waals surface area (Å²) in [5.41, 5.74) is -1.21. The summed E-state index contributed by atoms with van der Waals surface area (Å²) in [6.45, 7) is 2.71. The van der Waals surface area contributed by atoms with Crippen LogP contribution in [0.4, 0.5) is 5.82 Å². The molecule has 2 N–H and O–H groups in total. The largest absolute Gasteiger partial charge is 0.463 e. The van der Waals surface area contributed by atoms with Gasteiger partial charge in [-0.3, -0.25) is 24.0 Å².